The van der Waals surface area contributed by atoms with E-state index in [9.17, 15) is 0 Å². The van der Waals surface area contributed by atoms with Crippen molar-refractivity contribution < 1.29 is 0 Å². The largest absolute Gasteiger partial charge is 0.381 e. The molecule has 0 amide bonds. The van der Waals surface area contributed by atoms with Crippen LogP contribution >= 0.6 is 23.4 Å². The molecule has 0 aliphatic heterocycles. The highest BCUT2D eigenvalue weighted by atomic mass is 35.5. The lowest BCUT2D eigenvalue weighted by molar-refractivity contribution is 0.710. The van der Waals surface area contributed by atoms with E-state index in [4.69, 9.17) is 17.3 Å². The summed E-state index contributed by atoms with van der Waals surface area (Å²) in [5, 5.41) is 4.13. The molecule has 0 spiro atoms. The first kappa shape index (κ1) is 12.7. The molecule has 0 bridgehead atoms. The fourth-order valence-corrected chi connectivity index (χ4v) is 2.03. The SMILES string of the molecule is CSCCC(CN)Nc1cccc(Cl)c1. The Balaban J connectivity index is 2.50. The van der Waals surface area contributed by atoms with E-state index in [1.54, 1.807) is 0 Å². The predicted molar refractivity (Wildman–Crippen MR) is 70.9 cm³/mol. The van der Waals surface area contributed by atoms with Gasteiger partial charge >= 0.3 is 0 Å². The van der Waals surface area contributed by atoms with Crippen LogP contribution in [0.4, 0.5) is 5.69 Å². The highest BCUT2D eigenvalue weighted by Crippen LogP contribution is 2.16. The number of rotatable bonds is 6. The van der Waals surface area contributed by atoms with Crippen molar-refractivity contribution in [1.82, 2.24) is 0 Å². The molecule has 0 saturated heterocycles. The van der Waals surface area contributed by atoms with E-state index < -0.39 is 0 Å². The van der Waals surface area contributed by atoms with Crippen molar-refractivity contribution in [3.63, 3.8) is 0 Å². The second kappa shape index (κ2) is 6.99. The summed E-state index contributed by atoms with van der Waals surface area (Å²) in [5.74, 6) is 1.12. The molecular weight excluding hydrogens is 228 g/mol. The molecule has 0 heterocycles. The Labute approximate surface area is 101 Å². The maximum atomic E-state index is 5.90. The first-order valence-electron chi connectivity index (χ1n) is 4.97. The molecule has 84 valence electrons. The van der Waals surface area contributed by atoms with Crippen molar-refractivity contribution >= 4 is 29.1 Å². The summed E-state index contributed by atoms with van der Waals surface area (Å²) in [4.78, 5) is 0. The van der Waals surface area contributed by atoms with Crippen LogP contribution in [0, 0.1) is 0 Å². The lowest BCUT2D eigenvalue weighted by atomic mass is 10.2. The van der Waals surface area contributed by atoms with Gasteiger partial charge in [-0.1, -0.05) is 17.7 Å². The van der Waals surface area contributed by atoms with Gasteiger partial charge in [0.15, 0.2) is 0 Å². The van der Waals surface area contributed by atoms with Crippen LogP contribution in [-0.4, -0.2) is 24.6 Å². The zero-order chi connectivity index (χ0) is 11.1. The molecule has 0 aliphatic rings. The molecule has 0 aromatic heterocycles. The van der Waals surface area contributed by atoms with Gasteiger partial charge in [-0.25, -0.2) is 0 Å². The smallest absolute Gasteiger partial charge is 0.0426 e. The highest BCUT2D eigenvalue weighted by molar-refractivity contribution is 7.98. The summed E-state index contributed by atoms with van der Waals surface area (Å²) >= 11 is 7.74. The lowest BCUT2D eigenvalue weighted by Gasteiger charge is -2.17. The van der Waals surface area contributed by atoms with Crippen LogP contribution in [0.2, 0.25) is 5.02 Å². The minimum absolute atomic E-state index is 0.330. The Morgan fingerprint density at radius 3 is 2.93 bits per heavy atom. The van der Waals surface area contributed by atoms with E-state index in [2.05, 4.69) is 11.6 Å². The molecule has 4 heteroatoms. The Kier molecular flexibility index (Phi) is 5.91. The summed E-state index contributed by atoms with van der Waals surface area (Å²) in [6.45, 7) is 0.646. The van der Waals surface area contributed by atoms with E-state index in [0.29, 0.717) is 12.6 Å². The van der Waals surface area contributed by atoms with E-state index in [1.807, 2.05) is 36.0 Å². The molecule has 3 N–H and O–H groups in total. The molecule has 1 atom stereocenters. The monoisotopic (exact) mass is 244 g/mol. The Morgan fingerprint density at radius 2 is 2.33 bits per heavy atom. The number of halogens is 1. The van der Waals surface area contributed by atoms with E-state index in [1.165, 1.54) is 0 Å². The number of benzene rings is 1. The normalized spacial score (nSPS) is 12.5. The second-order valence-corrected chi connectivity index (χ2v) is 4.79. The molecule has 0 aliphatic carbocycles. The summed E-state index contributed by atoms with van der Waals surface area (Å²) in [5.41, 5.74) is 6.74. The maximum Gasteiger partial charge on any atom is 0.0426 e. The van der Waals surface area contributed by atoms with Gasteiger partial charge in [0.2, 0.25) is 0 Å². The third-order valence-electron chi connectivity index (χ3n) is 2.15. The van der Waals surface area contributed by atoms with Crippen LogP contribution in [0.5, 0.6) is 0 Å². The topological polar surface area (TPSA) is 38.0 Å². The van der Waals surface area contributed by atoms with Crippen molar-refractivity contribution in [2.45, 2.75) is 12.5 Å². The standard InChI is InChI=1S/C11H17ClN2S/c1-15-6-5-11(8-13)14-10-4-2-3-9(12)7-10/h2-4,7,11,14H,5-6,8,13H2,1H3. The van der Waals surface area contributed by atoms with Crippen LogP contribution in [-0.2, 0) is 0 Å². The number of anilines is 1. The summed E-state index contributed by atoms with van der Waals surface area (Å²) in [6.07, 6.45) is 3.18. The maximum absolute atomic E-state index is 5.90. The average Bonchev–Trinajstić information content (AvgIpc) is 2.24. The zero-order valence-corrected chi connectivity index (χ0v) is 10.4. The Morgan fingerprint density at radius 1 is 1.53 bits per heavy atom. The zero-order valence-electron chi connectivity index (χ0n) is 8.87. The van der Waals surface area contributed by atoms with Crippen molar-refractivity contribution in [3.8, 4) is 0 Å². The van der Waals surface area contributed by atoms with Gasteiger partial charge in [0, 0.05) is 23.3 Å². The van der Waals surface area contributed by atoms with Gasteiger partial charge in [0.05, 0.1) is 0 Å². The summed E-state index contributed by atoms with van der Waals surface area (Å²) < 4.78 is 0. The summed E-state index contributed by atoms with van der Waals surface area (Å²) in [6, 6.07) is 8.06. The van der Waals surface area contributed by atoms with Gasteiger partial charge in [-0.15, -0.1) is 0 Å². The molecule has 0 fully saturated rings. The molecule has 15 heavy (non-hydrogen) atoms. The van der Waals surface area contributed by atoms with Crippen LogP contribution in [0.3, 0.4) is 0 Å². The Hall–Kier alpha value is -0.380. The molecule has 1 aromatic rings. The molecule has 0 saturated carbocycles. The van der Waals surface area contributed by atoms with Crippen LogP contribution in [0.1, 0.15) is 6.42 Å². The number of hydrogen-bond donors (Lipinski definition) is 2. The third-order valence-corrected chi connectivity index (χ3v) is 3.03. The predicted octanol–water partition coefficient (Wildman–Crippen LogP) is 2.83. The van der Waals surface area contributed by atoms with Gasteiger partial charge in [-0.2, -0.15) is 11.8 Å². The number of hydrogen-bond acceptors (Lipinski definition) is 3. The average molecular weight is 245 g/mol. The van der Waals surface area contributed by atoms with Crippen molar-refractivity contribution in [1.29, 1.82) is 0 Å². The number of thioether (sulfide) groups is 1. The minimum Gasteiger partial charge on any atom is -0.381 e. The first-order chi connectivity index (χ1) is 7.26. The fraction of sp³-hybridized carbons (Fsp3) is 0.455. The van der Waals surface area contributed by atoms with Gasteiger partial charge in [-0.05, 0) is 36.6 Å². The number of nitrogens with two attached hydrogens (primary N) is 1. The molecular formula is C11H17ClN2S. The third kappa shape index (κ3) is 4.78. The number of nitrogens with one attached hydrogen (secondary N) is 1. The molecule has 1 aromatic carbocycles. The molecule has 0 radical (unpaired) electrons. The lowest BCUT2D eigenvalue weighted by Crippen LogP contribution is -2.29. The van der Waals surface area contributed by atoms with Crippen molar-refractivity contribution in [3.05, 3.63) is 29.3 Å². The summed E-state index contributed by atoms with van der Waals surface area (Å²) in [7, 11) is 0. The second-order valence-electron chi connectivity index (χ2n) is 3.37. The highest BCUT2D eigenvalue weighted by Gasteiger charge is 2.05. The molecule has 2 nitrogen and oxygen atoms in total. The fourth-order valence-electron chi connectivity index (χ4n) is 1.32. The Bertz CT molecular complexity index is 294. The van der Waals surface area contributed by atoms with Gasteiger partial charge in [0.1, 0.15) is 0 Å². The van der Waals surface area contributed by atoms with Crippen molar-refractivity contribution in [2.24, 2.45) is 5.73 Å². The van der Waals surface area contributed by atoms with Gasteiger partial charge in [-0.3, -0.25) is 0 Å². The van der Waals surface area contributed by atoms with Crippen molar-refractivity contribution in [2.75, 3.05) is 23.9 Å². The van der Waals surface area contributed by atoms with E-state index in [-0.39, 0.29) is 0 Å². The molecule has 1 unspecified atom stereocenters. The van der Waals surface area contributed by atoms with Crippen LogP contribution in [0.15, 0.2) is 24.3 Å². The van der Waals surface area contributed by atoms with Crippen LogP contribution < -0.4 is 11.1 Å². The van der Waals surface area contributed by atoms with Gasteiger partial charge < -0.3 is 11.1 Å². The van der Waals surface area contributed by atoms with Crippen LogP contribution in [0.25, 0.3) is 0 Å². The first-order valence-corrected chi connectivity index (χ1v) is 6.74. The molecule has 1 rings (SSSR count). The van der Waals surface area contributed by atoms with E-state index in [0.717, 1.165) is 22.9 Å². The van der Waals surface area contributed by atoms with E-state index >= 15 is 0 Å². The minimum atomic E-state index is 0.330. The quantitative estimate of drug-likeness (QED) is 0.808. The van der Waals surface area contributed by atoms with Gasteiger partial charge in [0.25, 0.3) is 0 Å².